The zero-order chi connectivity index (χ0) is 43.2. The van der Waals surface area contributed by atoms with E-state index in [9.17, 15) is 5.48 Å². The molecule has 9 aromatic rings. The Balaban J connectivity index is 1.29. The molecule has 9 rings (SSSR count). The van der Waals surface area contributed by atoms with Crippen LogP contribution in [-0.2, 0) is 0 Å². The fraction of sp³-hybridized carbons (Fsp3) is 0. The topological polar surface area (TPSA) is 16.4 Å². The minimum Gasteiger partial charge on any atom is -0.455 e. The number of hydrogen-bond acceptors (Lipinski definition) is 2. The third kappa shape index (κ3) is 4.92. The molecule has 2 heteroatoms. The molecule has 0 bridgehead atoms. The summed E-state index contributed by atoms with van der Waals surface area (Å²) in [6.07, 6.45) is 0. The Labute approximate surface area is 298 Å². The first kappa shape index (κ1) is 17.5. The van der Waals surface area contributed by atoms with Gasteiger partial charge in [0.2, 0.25) is 0 Å². The number of nitrogens with zero attached hydrogens (tertiary/aromatic N) is 1. The quantitative estimate of drug-likeness (QED) is 0.183. The second-order valence-electron chi connectivity index (χ2n) is 11.1. The van der Waals surface area contributed by atoms with Gasteiger partial charge in [-0.2, -0.15) is 0 Å². The largest absolute Gasteiger partial charge is 0.455 e. The Bertz CT molecular complexity index is 3210. The van der Waals surface area contributed by atoms with Crippen molar-refractivity contribution in [3.8, 4) is 33.4 Å². The van der Waals surface area contributed by atoms with Gasteiger partial charge >= 0.3 is 0 Å². The van der Waals surface area contributed by atoms with Crippen LogP contribution in [-0.4, -0.2) is 0 Å². The molecule has 8 aromatic carbocycles. The monoisotopic (exact) mass is 626 g/mol. The van der Waals surface area contributed by atoms with E-state index in [0.29, 0.717) is 11.1 Å². The lowest BCUT2D eigenvalue weighted by molar-refractivity contribution is 0.673. The Kier molecular flexibility index (Phi) is 4.29. The van der Waals surface area contributed by atoms with E-state index in [-0.39, 0.29) is 16.9 Å². The molecule has 0 saturated heterocycles. The van der Waals surface area contributed by atoms with Gasteiger partial charge in [0, 0.05) is 33.2 Å². The third-order valence-electron chi connectivity index (χ3n) is 8.31. The van der Waals surface area contributed by atoms with Crippen LogP contribution in [0.2, 0.25) is 0 Å². The van der Waals surface area contributed by atoms with Gasteiger partial charge in [-0.1, -0.05) is 139 Å². The molecule has 0 unspecified atom stereocenters. The minimum absolute atomic E-state index is 0.0268. The zero-order valence-corrected chi connectivity index (χ0v) is 25.2. The van der Waals surface area contributed by atoms with Gasteiger partial charge in [-0.25, -0.2) is 0 Å². The van der Waals surface area contributed by atoms with E-state index in [1.165, 1.54) is 0 Å². The average molecular weight is 627 g/mol. The van der Waals surface area contributed by atoms with Crippen LogP contribution in [0.5, 0.6) is 0 Å². The molecular formula is C46H31NO. The van der Waals surface area contributed by atoms with Crippen LogP contribution in [0, 0.1) is 0 Å². The van der Waals surface area contributed by atoms with E-state index in [2.05, 4.69) is 0 Å². The molecule has 0 amide bonds. The van der Waals surface area contributed by atoms with Crippen molar-refractivity contribution in [1.82, 2.24) is 0 Å². The maximum Gasteiger partial charge on any atom is 0.143 e. The van der Waals surface area contributed by atoms with Crippen LogP contribution >= 0.6 is 0 Å². The van der Waals surface area contributed by atoms with Crippen molar-refractivity contribution in [2.45, 2.75) is 0 Å². The van der Waals surface area contributed by atoms with E-state index in [0.717, 1.165) is 43.2 Å². The molecule has 2 nitrogen and oxygen atoms in total. The van der Waals surface area contributed by atoms with Crippen LogP contribution in [0.3, 0.4) is 0 Å². The molecule has 0 spiro atoms. The number of rotatable bonds is 6. The van der Waals surface area contributed by atoms with Crippen LogP contribution in [0.25, 0.3) is 66.1 Å². The first-order valence-corrected chi connectivity index (χ1v) is 15.3. The Morgan fingerprint density at radius 1 is 0.417 bits per heavy atom. The van der Waals surface area contributed by atoms with Crippen molar-refractivity contribution >= 4 is 49.8 Å². The van der Waals surface area contributed by atoms with Crippen molar-refractivity contribution in [2.75, 3.05) is 4.90 Å². The molecule has 48 heavy (non-hydrogen) atoms. The summed E-state index contributed by atoms with van der Waals surface area (Å²) >= 11 is 0. The highest BCUT2D eigenvalue weighted by atomic mass is 16.3. The summed E-state index contributed by atoms with van der Waals surface area (Å²) in [4.78, 5) is 1.16. The van der Waals surface area contributed by atoms with Crippen molar-refractivity contribution in [1.29, 1.82) is 0 Å². The highest BCUT2D eigenvalue weighted by Crippen LogP contribution is 2.41. The molecule has 0 atom stereocenters. The molecule has 0 aliphatic carbocycles. The predicted octanol–water partition coefficient (Wildman–Crippen LogP) is 13.2. The van der Waals surface area contributed by atoms with E-state index in [1.807, 2.05) is 54.6 Å². The normalized spacial score (nSPS) is 15.1. The average Bonchev–Trinajstić information content (AvgIpc) is 3.67. The molecule has 0 aliphatic heterocycles. The number of hydrogen-bond donors (Lipinski definition) is 0. The highest BCUT2D eigenvalue weighted by Gasteiger charge is 2.17. The molecule has 226 valence electrons. The number of benzene rings is 8. The van der Waals surface area contributed by atoms with Crippen molar-refractivity contribution < 1.29 is 22.2 Å². The zero-order valence-electron chi connectivity index (χ0n) is 38.2. The summed E-state index contributed by atoms with van der Waals surface area (Å²) in [7, 11) is 0. The molecule has 0 fully saturated rings. The second-order valence-corrected chi connectivity index (χ2v) is 11.1. The van der Waals surface area contributed by atoms with E-state index in [1.54, 1.807) is 54.6 Å². The molecule has 1 heterocycles. The number of anilines is 3. The molecule has 1 aromatic heterocycles. The van der Waals surface area contributed by atoms with E-state index < -0.39 is 95.4 Å². The maximum absolute atomic E-state index is 9.34. The summed E-state index contributed by atoms with van der Waals surface area (Å²) in [5.41, 5.74) is 1.75. The van der Waals surface area contributed by atoms with Gasteiger partial charge in [0.05, 0.1) is 17.8 Å². The molecular weight excluding hydrogens is 583 g/mol. The van der Waals surface area contributed by atoms with Crippen LogP contribution in [0.4, 0.5) is 17.1 Å². The van der Waals surface area contributed by atoms with Gasteiger partial charge in [0.25, 0.3) is 0 Å². The summed E-state index contributed by atoms with van der Waals surface area (Å²) in [6, 6.07) is 24.7. The van der Waals surface area contributed by atoms with Gasteiger partial charge in [0.1, 0.15) is 11.2 Å². The molecule has 0 saturated carbocycles. The Morgan fingerprint density at radius 3 is 1.79 bits per heavy atom. The minimum atomic E-state index is -0.738. The molecule has 0 radical (unpaired) electrons. The van der Waals surface area contributed by atoms with Crippen LogP contribution < -0.4 is 4.90 Å². The lowest BCUT2D eigenvalue weighted by Gasteiger charge is -2.26. The molecule has 0 aliphatic rings. The van der Waals surface area contributed by atoms with Gasteiger partial charge < -0.3 is 9.32 Å². The summed E-state index contributed by atoms with van der Waals surface area (Å²) in [6.45, 7) is 0. The van der Waals surface area contributed by atoms with E-state index in [4.69, 9.17) is 16.8 Å². The summed E-state index contributed by atoms with van der Waals surface area (Å²) in [5.74, 6) is 0. The highest BCUT2D eigenvalue weighted by molar-refractivity contribution is 6.19. The van der Waals surface area contributed by atoms with E-state index >= 15 is 0 Å². The first-order chi connectivity index (χ1) is 29.2. The SMILES string of the molecule is [2H]c1c([2H])c([2H])c(-c2c([2H])c([2H])c(N(c3ccc(-c4cccc5oc6c7ccccc7ccc6c45)cc3)c3c([2H])c([2H])c(-c4ccccc4)c([2H])c3[2H])c([2H])c2[2H])c([2H])c1[2H]. The summed E-state index contributed by atoms with van der Waals surface area (Å²) in [5, 5.41) is 3.76. The standard InChI is InChI=1S/C46H31NO/c1-3-10-32(11-4-1)34-18-25-38(26-19-34)47(39-27-20-35(21-28-39)33-12-5-2-6-13-33)40-29-22-37(23-30-40)41-16-9-17-44-45(41)43-31-24-36-14-7-8-15-42(36)46(43)48-44/h1-31H/i1D,3D,4D,10D,11D,18D,19D,20D,21D,25D,26D,27D,28D. The lowest BCUT2D eigenvalue weighted by Crippen LogP contribution is -2.09. The number of furan rings is 1. The first-order valence-electron chi connectivity index (χ1n) is 21.8. The summed E-state index contributed by atoms with van der Waals surface area (Å²) < 4.78 is 122. The van der Waals surface area contributed by atoms with Gasteiger partial charge in [0.15, 0.2) is 0 Å². The fourth-order valence-corrected chi connectivity index (χ4v) is 6.04. The van der Waals surface area contributed by atoms with Crippen molar-refractivity contribution in [3.63, 3.8) is 0 Å². The van der Waals surface area contributed by atoms with Gasteiger partial charge in [-0.15, -0.1) is 0 Å². The predicted molar refractivity (Wildman–Crippen MR) is 202 cm³/mol. The van der Waals surface area contributed by atoms with Gasteiger partial charge in [-0.05, 0) is 87.2 Å². The lowest BCUT2D eigenvalue weighted by atomic mass is 9.98. The van der Waals surface area contributed by atoms with Crippen molar-refractivity contribution in [2.24, 2.45) is 0 Å². The van der Waals surface area contributed by atoms with Gasteiger partial charge in [-0.3, -0.25) is 0 Å². The Morgan fingerprint density at radius 2 is 1.06 bits per heavy atom. The third-order valence-corrected chi connectivity index (χ3v) is 8.31. The smallest absolute Gasteiger partial charge is 0.143 e. The maximum atomic E-state index is 9.34. The molecule has 0 N–H and O–H groups in total. The van der Waals surface area contributed by atoms with Crippen molar-refractivity contribution in [3.05, 3.63) is 188 Å². The van der Waals surface area contributed by atoms with Crippen LogP contribution in [0.1, 0.15) is 17.8 Å². The van der Waals surface area contributed by atoms with Crippen LogP contribution in [0.15, 0.2) is 192 Å². The fourth-order valence-electron chi connectivity index (χ4n) is 6.04. The number of fused-ring (bicyclic) bond motifs is 5. The second kappa shape index (κ2) is 11.8. The Hall–Kier alpha value is -6.38.